The zero-order valence-electron chi connectivity index (χ0n) is 13.4. The summed E-state index contributed by atoms with van der Waals surface area (Å²) in [5, 5.41) is 3.15. The van der Waals surface area contributed by atoms with Crippen LogP contribution in [0.4, 0.5) is 4.39 Å². The molecule has 2 amide bonds. The van der Waals surface area contributed by atoms with Gasteiger partial charge in [0.25, 0.3) is 5.91 Å². The smallest absolute Gasteiger partial charge is 0.260 e. The summed E-state index contributed by atoms with van der Waals surface area (Å²) in [5.41, 5.74) is -1.67. The molecule has 0 bridgehead atoms. The summed E-state index contributed by atoms with van der Waals surface area (Å²) in [6.45, 7) is 1.40. The van der Waals surface area contributed by atoms with E-state index >= 15 is 0 Å². The van der Waals surface area contributed by atoms with Crippen molar-refractivity contribution in [2.45, 2.75) is 62.8 Å². The van der Waals surface area contributed by atoms with Gasteiger partial charge in [-0.1, -0.05) is 12.8 Å². The predicted octanol–water partition coefficient (Wildman–Crippen LogP) is 1.41. The zero-order chi connectivity index (χ0) is 16.0. The van der Waals surface area contributed by atoms with Crippen molar-refractivity contribution >= 4 is 11.8 Å². The fourth-order valence-electron chi connectivity index (χ4n) is 4.41. The Bertz CT molecular complexity index is 502. The average Bonchev–Trinajstić information content (AvgIpc) is 2.97. The number of hydrogen-bond donors (Lipinski definition) is 1. The molecule has 0 unspecified atom stereocenters. The largest absolute Gasteiger partial charge is 0.376 e. The van der Waals surface area contributed by atoms with Gasteiger partial charge in [-0.05, 0) is 32.1 Å². The minimum Gasteiger partial charge on any atom is -0.376 e. The van der Waals surface area contributed by atoms with Crippen LogP contribution in [-0.2, 0) is 14.3 Å². The number of nitrogens with zero attached hydrogens (tertiary/aromatic N) is 1. The average molecular weight is 324 g/mol. The van der Waals surface area contributed by atoms with Gasteiger partial charge in [-0.15, -0.1) is 0 Å². The molecule has 1 N–H and O–H groups in total. The van der Waals surface area contributed by atoms with Gasteiger partial charge in [-0.25, -0.2) is 4.39 Å². The van der Waals surface area contributed by atoms with Gasteiger partial charge in [0, 0.05) is 31.7 Å². The SMILES string of the molecule is O=C(NC1CCCC1)[C@@H]1CN(C(=O)C2(F)CC2)C[C@H]2OCC[C@H]21. The molecule has 23 heavy (non-hydrogen) atoms. The van der Waals surface area contributed by atoms with Crippen molar-refractivity contribution in [3.8, 4) is 0 Å². The van der Waals surface area contributed by atoms with E-state index in [1.807, 2.05) is 0 Å². The van der Waals surface area contributed by atoms with Gasteiger partial charge in [0.05, 0.1) is 12.0 Å². The van der Waals surface area contributed by atoms with E-state index in [1.54, 1.807) is 4.90 Å². The highest BCUT2D eigenvalue weighted by Crippen LogP contribution is 2.43. The van der Waals surface area contributed by atoms with Crippen molar-refractivity contribution in [3.05, 3.63) is 0 Å². The Morgan fingerprint density at radius 2 is 1.87 bits per heavy atom. The van der Waals surface area contributed by atoms with Gasteiger partial charge < -0.3 is 15.0 Å². The van der Waals surface area contributed by atoms with E-state index in [0.29, 0.717) is 32.5 Å². The number of ether oxygens (including phenoxy) is 1. The fourth-order valence-corrected chi connectivity index (χ4v) is 4.41. The summed E-state index contributed by atoms with van der Waals surface area (Å²) in [6.07, 6.45) is 5.79. The summed E-state index contributed by atoms with van der Waals surface area (Å²) in [4.78, 5) is 26.6. The molecule has 128 valence electrons. The van der Waals surface area contributed by atoms with Crippen LogP contribution in [0.1, 0.15) is 44.9 Å². The van der Waals surface area contributed by atoms with Crippen molar-refractivity contribution in [3.63, 3.8) is 0 Å². The van der Waals surface area contributed by atoms with Crippen LogP contribution in [0.25, 0.3) is 0 Å². The molecule has 2 saturated carbocycles. The Balaban J connectivity index is 1.46. The second kappa shape index (κ2) is 5.72. The number of likely N-dealkylation sites (tertiary alicyclic amines) is 1. The molecule has 2 aliphatic carbocycles. The number of nitrogens with one attached hydrogen (secondary N) is 1. The summed E-state index contributed by atoms with van der Waals surface area (Å²) in [5.74, 6) is -0.512. The molecule has 5 nitrogen and oxygen atoms in total. The molecule has 4 rings (SSSR count). The number of hydrogen-bond acceptors (Lipinski definition) is 3. The third-order valence-corrected chi connectivity index (χ3v) is 5.99. The second-order valence-electron chi connectivity index (χ2n) is 7.63. The lowest BCUT2D eigenvalue weighted by Crippen LogP contribution is -2.56. The fraction of sp³-hybridized carbons (Fsp3) is 0.882. The van der Waals surface area contributed by atoms with Crippen LogP contribution in [0.15, 0.2) is 0 Å². The van der Waals surface area contributed by atoms with Gasteiger partial charge in [-0.2, -0.15) is 0 Å². The van der Waals surface area contributed by atoms with Crippen LogP contribution in [0.5, 0.6) is 0 Å². The summed E-state index contributed by atoms with van der Waals surface area (Å²) >= 11 is 0. The number of fused-ring (bicyclic) bond motifs is 1. The highest BCUT2D eigenvalue weighted by Gasteiger charge is 2.55. The number of halogens is 1. The van der Waals surface area contributed by atoms with E-state index in [0.717, 1.165) is 19.3 Å². The lowest BCUT2D eigenvalue weighted by atomic mass is 9.81. The lowest BCUT2D eigenvalue weighted by molar-refractivity contribution is -0.147. The zero-order valence-corrected chi connectivity index (χ0v) is 13.4. The minimum absolute atomic E-state index is 0.0265. The molecular formula is C17H25FN2O3. The van der Waals surface area contributed by atoms with Crippen molar-refractivity contribution < 1.29 is 18.7 Å². The molecule has 6 heteroatoms. The molecule has 0 aromatic heterocycles. The van der Waals surface area contributed by atoms with Crippen molar-refractivity contribution in [1.29, 1.82) is 0 Å². The number of carbonyl (C=O) groups excluding carboxylic acids is 2. The van der Waals surface area contributed by atoms with Crippen LogP contribution in [0.2, 0.25) is 0 Å². The van der Waals surface area contributed by atoms with Crippen LogP contribution in [-0.4, -0.2) is 54.2 Å². The van der Waals surface area contributed by atoms with E-state index in [-0.39, 0.29) is 29.9 Å². The van der Waals surface area contributed by atoms with E-state index in [2.05, 4.69) is 5.32 Å². The van der Waals surface area contributed by atoms with Crippen molar-refractivity contribution in [2.24, 2.45) is 11.8 Å². The molecule has 4 fully saturated rings. The number of piperidine rings is 1. The highest BCUT2D eigenvalue weighted by atomic mass is 19.1. The lowest BCUT2D eigenvalue weighted by Gasteiger charge is -2.40. The molecule has 2 heterocycles. The maximum absolute atomic E-state index is 14.1. The Hall–Kier alpha value is -1.17. The molecule has 0 aromatic carbocycles. The molecule has 3 atom stereocenters. The molecule has 0 aromatic rings. The normalized spacial score (nSPS) is 35.9. The molecule has 0 spiro atoms. The van der Waals surface area contributed by atoms with Crippen molar-refractivity contribution in [2.75, 3.05) is 19.7 Å². The first-order chi connectivity index (χ1) is 11.1. The third-order valence-electron chi connectivity index (χ3n) is 5.99. The second-order valence-corrected chi connectivity index (χ2v) is 7.63. The summed E-state index contributed by atoms with van der Waals surface area (Å²) in [7, 11) is 0. The minimum atomic E-state index is -1.67. The standard InChI is InChI=1S/C17H25FN2O3/c18-17(6-7-17)16(22)20-9-13(12-5-8-23-14(12)10-20)15(21)19-11-3-1-2-4-11/h11-14H,1-10H2,(H,19,21)/t12-,13+,14+/m0/s1. The maximum Gasteiger partial charge on any atom is 0.260 e. The van der Waals surface area contributed by atoms with Gasteiger partial charge in [0.2, 0.25) is 5.91 Å². The molecule has 0 radical (unpaired) electrons. The summed E-state index contributed by atoms with van der Waals surface area (Å²) in [6, 6.07) is 0.269. The monoisotopic (exact) mass is 324 g/mol. The van der Waals surface area contributed by atoms with Gasteiger partial charge in [0.1, 0.15) is 0 Å². The third kappa shape index (κ3) is 2.86. The van der Waals surface area contributed by atoms with Crippen LogP contribution in [0, 0.1) is 11.8 Å². The number of alkyl halides is 1. The number of carbonyl (C=O) groups is 2. The quantitative estimate of drug-likeness (QED) is 0.854. The first-order valence-corrected chi connectivity index (χ1v) is 8.97. The van der Waals surface area contributed by atoms with Crippen LogP contribution in [0.3, 0.4) is 0 Å². The Kier molecular flexibility index (Phi) is 3.82. The molecular weight excluding hydrogens is 299 g/mol. The van der Waals surface area contributed by atoms with E-state index in [1.165, 1.54) is 12.8 Å². The van der Waals surface area contributed by atoms with Crippen molar-refractivity contribution in [1.82, 2.24) is 10.2 Å². The Morgan fingerprint density at radius 3 is 2.57 bits per heavy atom. The predicted molar refractivity (Wildman–Crippen MR) is 81.4 cm³/mol. The molecule has 2 aliphatic heterocycles. The van der Waals surface area contributed by atoms with Gasteiger partial charge in [0.15, 0.2) is 5.67 Å². The first-order valence-electron chi connectivity index (χ1n) is 8.97. The van der Waals surface area contributed by atoms with Crippen LogP contribution >= 0.6 is 0 Å². The maximum atomic E-state index is 14.1. The first kappa shape index (κ1) is 15.4. The molecule has 2 saturated heterocycles. The Morgan fingerprint density at radius 1 is 1.13 bits per heavy atom. The summed E-state index contributed by atoms with van der Waals surface area (Å²) < 4.78 is 19.9. The topological polar surface area (TPSA) is 58.6 Å². The van der Waals surface area contributed by atoms with E-state index < -0.39 is 11.6 Å². The Labute approximate surface area is 135 Å². The highest BCUT2D eigenvalue weighted by molar-refractivity contribution is 5.89. The van der Waals surface area contributed by atoms with E-state index in [9.17, 15) is 14.0 Å². The number of amides is 2. The van der Waals surface area contributed by atoms with Gasteiger partial charge in [-0.3, -0.25) is 9.59 Å². The molecule has 4 aliphatic rings. The van der Waals surface area contributed by atoms with Gasteiger partial charge >= 0.3 is 0 Å². The van der Waals surface area contributed by atoms with Crippen LogP contribution < -0.4 is 5.32 Å². The van der Waals surface area contributed by atoms with E-state index in [4.69, 9.17) is 4.74 Å². The number of rotatable bonds is 3.